The molecule has 14 heavy (non-hydrogen) atoms. The van der Waals surface area contributed by atoms with Crippen molar-refractivity contribution in [2.45, 2.75) is 53.2 Å². The zero-order valence-electron chi connectivity index (χ0n) is 10.2. The molecule has 2 N–H and O–H groups in total. The fraction of sp³-hybridized carbons (Fsp3) is 0.909. The van der Waals surface area contributed by atoms with Crippen molar-refractivity contribution >= 4 is 5.78 Å². The van der Waals surface area contributed by atoms with Crippen LogP contribution in [0, 0.1) is 5.41 Å². The van der Waals surface area contributed by atoms with Gasteiger partial charge in [0, 0.05) is 11.0 Å². The van der Waals surface area contributed by atoms with Crippen LogP contribution in [0.1, 0.15) is 41.5 Å². The van der Waals surface area contributed by atoms with Gasteiger partial charge in [-0.05, 0) is 27.7 Å². The van der Waals surface area contributed by atoms with Crippen molar-refractivity contribution in [2.24, 2.45) is 11.1 Å². The third-order valence-electron chi connectivity index (χ3n) is 2.86. The lowest BCUT2D eigenvalue weighted by atomic mass is 9.72. The van der Waals surface area contributed by atoms with Gasteiger partial charge < -0.3 is 10.5 Å². The second-order valence-corrected chi connectivity index (χ2v) is 5.13. The molecule has 0 aliphatic heterocycles. The number of rotatable bonds is 5. The molecule has 0 amide bonds. The molecule has 0 aromatic rings. The van der Waals surface area contributed by atoms with E-state index in [-0.39, 0.29) is 18.5 Å². The van der Waals surface area contributed by atoms with Crippen LogP contribution < -0.4 is 5.73 Å². The molecule has 0 fully saturated rings. The van der Waals surface area contributed by atoms with Crippen LogP contribution in [0.25, 0.3) is 0 Å². The van der Waals surface area contributed by atoms with Crippen LogP contribution in [-0.4, -0.2) is 24.0 Å². The average molecular weight is 201 g/mol. The Labute approximate surface area is 87.0 Å². The first-order valence-electron chi connectivity index (χ1n) is 5.03. The van der Waals surface area contributed by atoms with E-state index in [0.29, 0.717) is 0 Å². The van der Waals surface area contributed by atoms with Gasteiger partial charge in [-0.3, -0.25) is 4.79 Å². The van der Waals surface area contributed by atoms with Gasteiger partial charge in [0.25, 0.3) is 0 Å². The lowest BCUT2D eigenvalue weighted by Crippen LogP contribution is -2.53. The van der Waals surface area contributed by atoms with E-state index in [1.807, 2.05) is 41.5 Å². The Kier molecular flexibility index (Phi) is 4.28. The summed E-state index contributed by atoms with van der Waals surface area (Å²) in [5.41, 5.74) is 4.87. The van der Waals surface area contributed by atoms with E-state index < -0.39 is 11.0 Å². The zero-order valence-corrected chi connectivity index (χ0v) is 10.2. The van der Waals surface area contributed by atoms with Crippen molar-refractivity contribution in [3.05, 3.63) is 0 Å². The highest BCUT2D eigenvalue weighted by Gasteiger charge is 2.39. The van der Waals surface area contributed by atoms with Crippen molar-refractivity contribution < 1.29 is 9.53 Å². The summed E-state index contributed by atoms with van der Waals surface area (Å²) in [5, 5.41) is 0. The van der Waals surface area contributed by atoms with E-state index >= 15 is 0 Å². The maximum atomic E-state index is 11.8. The molecule has 0 bridgehead atoms. The van der Waals surface area contributed by atoms with Gasteiger partial charge in [-0.25, -0.2) is 0 Å². The number of hydrogen-bond acceptors (Lipinski definition) is 3. The summed E-state index contributed by atoms with van der Waals surface area (Å²) < 4.78 is 5.28. The molecule has 0 aliphatic carbocycles. The summed E-state index contributed by atoms with van der Waals surface area (Å²) in [6.07, 6.45) is 0.0793. The predicted octanol–water partition coefficient (Wildman–Crippen LogP) is 1.74. The summed E-state index contributed by atoms with van der Waals surface area (Å²) in [4.78, 5) is 11.8. The number of ketones is 1. The SMILES string of the molecule is CC(C)OCC(=O)C(C)(C)C(C)(C)N. The third kappa shape index (κ3) is 3.39. The van der Waals surface area contributed by atoms with Crippen molar-refractivity contribution in [3.63, 3.8) is 0 Å². The summed E-state index contributed by atoms with van der Waals surface area (Å²) in [6.45, 7) is 11.4. The van der Waals surface area contributed by atoms with Gasteiger partial charge in [-0.15, -0.1) is 0 Å². The minimum Gasteiger partial charge on any atom is -0.371 e. The quantitative estimate of drug-likeness (QED) is 0.737. The molecule has 3 nitrogen and oxygen atoms in total. The Bertz CT molecular complexity index is 202. The van der Waals surface area contributed by atoms with Crippen molar-refractivity contribution in [1.29, 1.82) is 0 Å². The standard InChI is InChI=1S/C11H23NO2/c1-8(2)14-7-9(13)10(3,4)11(5,6)12/h8H,7,12H2,1-6H3. The highest BCUT2D eigenvalue weighted by Crippen LogP contribution is 2.29. The third-order valence-corrected chi connectivity index (χ3v) is 2.86. The summed E-state index contributed by atoms with van der Waals surface area (Å²) in [6, 6.07) is 0. The van der Waals surface area contributed by atoms with E-state index in [4.69, 9.17) is 10.5 Å². The van der Waals surface area contributed by atoms with E-state index in [0.717, 1.165) is 0 Å². The van der Waals surface area contributed by atoms with Crippen LogP contribution in [0.5, 0.6) is 0 Å². The maximum absolute atomic E-state index is 11.8. The molecule has 0 aliphatic rings. The van der Waals surface area contributed by atoms with Gasteiger partial charge in [-0.2, -0.15) is 0 Å². The Hall–Kier alpha value is -0.410. The first kappa shape index (κ1) is 13.6. The average Bonchev–Trinajstić information content (AvgIpc) is 1.97. The summed E-state index contributed by atoms with van der Waals surface area (Å²) in [5.74, 6) is 0.0544. The lowest BCUT2D eigenvalue weighted by molar-refractivity contribution is -0.136. The second-order valence-electron chi connectivity index (χ2n) is 5.13. The molecule has 0 radical (unpaired) electrons. The zero-order chi connectivity index (χ0) is 11.6. The molecule has 3 heteroatoms. The van der Waals surface area contributed by atoms with Gasteiger partial charge in [0.15, 0.2) is 5.78 Å². The highest BCUT2D eigenvalue weighted by molar-refractivity contribution is 5.86. The molecule has 0 atom stereocenters. The molecule has 0 saturated heterocycles. The molecule has 0 aromatic heterocycles. The second kappa shape index (κ2) is 4.41. The Balaban J connectivity index is 4.38. The normalized spacial score (nSPS) is 13.4. The number of nitrogens with two attached hydrogens (primary N) is 1. The predicted molar refractivity (Wildman–Crippen MR) is 58.1 cm³/mol. The monoisotopic (exact) mass is 201 g/mol. The molecule has 0 rings (SSSR count). The number of hydrogen-bond donors (Lipinski definition) is 1. The maximum Gasteiger partial charge on any atom is 0.165 e. The number of Topliss-reactive ketones (excluding diaryl/α,β-unsaturated/α-hetero) is 1. The Morgan fingerprint density at radius 3 is 2.00 bits per heavy atom. The fourth-order valence-electron chi connectivity index (χ4n) is 0.782. The van der Waals surface area contributed by atoms with Crippen LogP contribution >= 0.6 is 0 Å². The molecule has 0 saturated carbocycles. The van der Waals surface area contributed by atoms with Crippen LogP contribution in [0.2, 0.25) is 0 Å². The molecule has 0 heterocycles. The number of ether oxygens (including phenoxy) is 1. The van der Waals surface area contributed by atoms with Crippen LogP contribution in [0.3, 0.4) is 0 Å². The molecular formula is C11H23NO2. The van der Waals surface area contributed by atoms with Gasteiger partial charge in [-0.1, -0.05) is 13.8 Å². The van der Waals surface area contributed by atoms with Crippen molar-refractivity contribution in [2.75, 3.05) is 6.61 Å². The summed E-state index contributed by atoms with van der Waals surface area (Å²) >= 11 is 0. The minimum absolute atomic E-state index is 0.0544. The minimum atomic E-state index is -0.554. The highest BCUT2D eigenvalue weighted by atomic mass is 16.5. The molecule has 0 unspecified atom stereocenters. The largest absolute Gasteiger partial charge is 0.371 e. The topological polar surface area (TPSA) is 52.3 Å². The van der Waals surface area contributed by atoms with E-state index in [1.165, 1.54) is 0 Å². The first-order valence-corrected chi connectivity index (χ1v) is 5.03. The molecule has 84 valence electrons. The number of carbonyl (C=O) groups is 1. The molecule has 0 spiro atoms. The Morgan fingerprint density at radius 1 is 1.29 bits per heavy atom. The van der Waals surface area contributed by atoms with Crippen LogP contribution in [0.4, 0.5) is 0 Å². The lowest BCUT2D eigenvalue weighted by Gasteiger charge is -2.37. The van der Waals surface area contributed by atoms with Crippen molar-refractivity contribution in [3.8, 4) is 0 Å². The Morgan fingerprint density at radius 2 is 1.71 bits per heavy atom. The van der Waals surface area contributed by atoms with E-state index in [1.54, 1.807) is 0 Å². The smallest absolute Gasteiger partial charge is 0.165 e. The van der Waals surface area contributed by atoms with Gasteiger partial charge >= 0.3 is 0 Å². The van der Waals surface area contributed by atoms with Gasteiger partial charge in [0.05, 0.1) is 6.10 Å². The van der Waals surface area contributed by atoms with Gasteiger partial charge in [0.1, 0.15) is 6.61 Å². The fourth-order valence-corrected chi connectivity index (χ4v) is 0.782. The summed E-state index contributed by atoms with van der Waals surface area (Å²) in [7, 11) is 0. The van der Waals surface area contributed by atoms with Crippen molar-refractivity contribution in [1.82, 2.24) is 0 Å². The molecule has 0 aromatic carbocycles. The van der Waals surface area contributed by atoms with Gasteiger partial charge in [0.2, 0.25) is 0 Å². The van der Waals surface area contributed by atoms with Crippen LogP contribution in [0.15, 0.2) is 0 Å². The first-order chi connectivity index (χ1) is 6.09. The molecular weight excluding hydrogens is 178 g/mol. The van der Waals surface area contributed by atoms with E-state index in [9.17, 15) is 4.79 Å². The van der Waals surface area contributed by atoms with E-state index in [2.05, 4.69) is 0 Å². The van der Waals surface area contributed by atoms with Crippen LogP contribution in [-0.2, 0) is 9.53 Å². The number of carbonyl (C=O) groups excluding carboxylic acids is 1.